The van der Waals surface area contributed by atoms with E-state index < -0.39 is 0 Å². The van der Waals surface area contributed by atoms with Crippen LogP contribution in [0.2, 0.25) is 5.02 Å². The Labute approximate surface area is 167 Å². The van der Waals surface area contributed by atoms with Crippen molar-refractivity contribution in [3.8, 4) is 0 Å². The van der Waals surface area contributed by atoms with Crippen LogP contribution < -0.4 is 0 Å². The van der Waals surface area contributed by atoms with Gasteiger partial charge in [0.1, 0.15) is 5.52 Å². The lowest BCUT2D eigenvalue weighted by atomic mass is 9.89. The molecule has 0 spiro atoms. The molecule has 0 aliphatic carbocycles. The van der Waals surface area contributed by atoms with Gasteiger partial charge in [-0.1, -0.05) is 23.7 Å². The van der Waals surface area contributed by atoms with E-state index in [1.807, 2.05) is 24.3 Å². The summed E-state index contributed by atoms with van der Waals surface area (Å²) in [6.07, 6.45) is 4.38. The number of nitrogens with zero attached hydrogens (tertiary/aromatic N) is 2. The van der Waals surface area contributed by atoms with Crippen LogP contribution >= 0.6 is 11.6 Å². The molecule has 1 aliphatic heterocycles. The molecule has 0 N–H and O–H groups in total. The second-order valence-electron chi connectivity index (χ2n) is 6.82. The highest BCUT2D eigenvalue weighted by atomic mass is 35.5. The first-order chi connectivity index (χ1) is 13.6. The van der Waals surface area contributed by atoms with Crippen LogP contribution in [0.15, 0.2) is 59.0 Å². The normalized spacial score (nSPS) is 15.4. The van der Waals surface area contributed by atoms with Gasteiger partial charge in [-0.15, -0.1) is 0 Å². The van der Waals surface area contributed by atoms with Gasteiger partial charge < -0.3 is 9.32 Å². The maximum Gasteiger partial charge on any atom is 0.246 e. The molecule has 0 atom stereocenters. The number of carbonyl (C=O) groups is 2. The minimum absolute atomic E-state index is 0.0637. The molecule has 0 unspecified atom stereocenters. The number of benzene rings is 2. The van der Waals surface area contributed by atoms with Crippen molar-refractivity contribution in [3.63, 3.8) is 0 Å². The van der Waals surface area contributed by atoms with Gasteiger partial charge in [-0.3, -0.25) is 9.59 Å². The van der Waals surface area contributed by atoms with Crippen molar-refractivity contribution in [2.24, 2.45) is 5.92 Å². The Balaban J connectivity index is 1.34. The number of ketones is 1. The van der Waals surface area contributed by atoms with E-state index in [2.05, 4.69) is 4.98 Å². The highest BCUT2D eigenvalue weighted by Crippen LogP contribution is 2.23. The number of carbonyl (C=O) groups excluding carboxylic acids is 2. The van der Waals surface area contributed by atoms with Crippen LogP contribution in [0.3, 0.4) is 0 Å². The van der Waals surface area contributed by atoms with E-state index in [0.717, 1.165) is 5.52 Å². The first-order valence-electron chi connectivity index (χ1n) is 9.22. The zero-order chi connectivity index (χ0) is 19.5. The number of piperidine rings is 1. The maximum atomic E-state index is 12.6. The molecule has 3 aromatic rings. The molecule has 0 radical (unpaired) electrons. The number of hydrogen-bond donors (Lipinski definition) is 0. The summed E-state index contributed by atoms with van der Waals surface area (Å²) < 4.78 is 5.59. The fraction of sp³-hybridized carbons (Fsp3) is 0.227. The monoisotopic (exact) mass is 394 g/mol. The van der Waals surface area contributed by atoms with Gasteiger partial charge in [-0.25, -0.2) is 4.98 Å². The standard InChI is InChI=1S/C22H19ClN2O3/c23-17-7-5-15(6-8-17)22(27)16-11-13-25(14-12-16)21(26)10-9-20-24-18-3-1-2-4-19(18)28-20/h1-10,16H,11-14H2. The van der Waals surface area contributed by atoms with Gasteiger partial charge in [0.25, 0.3) is 0 Å². The number of Topliss-reactive ketones (excluding diaryl/α,β-unsaturated/α-hetero) is 1. The molecule has 5 nitrogen and oxygen atoms in total. The lowest BCUT2D eigenvalue weighted by Gasteiger charge is -2.30. The predicted octanol–water partition coefficient (Wildman–Crippen LogP) is 4.62. The Bertz CT molecular complexity index is 998. The topological polar surface area (TPSA) is 63.4 Å². The van der Waals surface area contributed by atoms with Gasteiger partial charge in [0.05, 0.1) is 0 Å². The molecule has 6 heteroatoms. The Kier molecular flexibility index (Phi) is 5.26. The number of likely N-dealkylation sites (tertiary alicyclic amines) is 1. The highest BCUT2D eigenvalue weighted by molar-refractivity contribution is 6.30. The summed E-state index contributed by atoms with van der Waals surface area (Å²) in [4.78, 5) is 31.1. The molecular weight excluding hydrogens is 376 g/mol. The van der Waals surface area contributed by atoms with E-state index in [1.54, 1.807) is 35.2 Å². The summed E-state index contributed by atoms with van der Waals surface area (Å²) in [6, 6.07) is 14.4. The van der Waals surface area contributed by atoms with Crippen molar-refractivity contribution in [2.45, 2.75) is 12.8 Å². The molecule has 1 aromatic heterocycles. The average Bonchev–Trinajstić information content (AvgIpc) is 3.15. The Morgan fingerprint density at radius 3 is 2.50 bits per heavy atom. The minimum Gasteiger partial charge on any atom is -0.437 e. The lowest BCUT2D eigenvalue weighted by Crippen LogP contribution is -2.39. The number of rotatable bonds is 4. The minimum atomic E-state index is -0.0975. The molecule has 0 saturated carbocycles. The van der Waals surface area contributed by atoms with E-state index >= 15 is 0 Å². The van der Waals surface area contributed by atoms with Gasteiger partial charge in [0, 0.05) is 41.7 Å². The molecule has 1 aliphatic rings. The largest absolute Gasteiger partial charge is 0.437 e. The van der Waals surface area contributed by atoms with E-state index in [0.29, 0.717) is 48.0 Å². The van der Waals surface area contributed by atoms with Gasteiger partial charge in [-0.2, -0.15) is 0 Å². The van der Waals surface area contributed by atoms with Gasteiger partial charge in [-0.05, 0) is 49.2 Å². The SMILES string of the molecule is O=C(c1ccc(Cl)cc1)C1CCN(C(=O)C=Cc2nc3ccccc3o2)CC1. The van der Waals surface area contributed by atoms with Crippen molar-refractivity contribution in [1.29, 1.82) is 0 Å². The summed E-state index contributed by atoms with van der Waals surface area (Å²) in [7, 11) is 0. The summed E-state index contributed by atoms with van der Waals surface area (Å²) in [5, 5.41) is 0.614. The summed E-state index contributed by atoms with van der Waals surface area (Å²) in [5.74, 6) is 0.360. The molecule has 2 aromatic carbocycles. The van der Waals surface area contributed by atoms with Crippen molar-refractivity contribution in [1.82, 2.24) is 9.88 Å². The number of hydrogen-bond acceptors (Lipinski definition) is 4. The molecule has 1 amide bonds. The Morgan fingerprint density at radius 2 is 1.79 bits per heavy atom. The molecular formula is C22H19ClN2O3. The molecule has 28 heavy (non-hydrogen) atoms. The second kappa shape index (κ2) is 7.98. The third kappa shape index (κ3) is 3.99. The van der Waals surface area contributed by atoms with Gasteiger partial charge in [0.15, 0.2) is 11.4 Å². The summed E-state index contributed by atoms with van der Waals surface area (Å²) in [5.41, 5.74) is 2.12. The van der Waals surface area contributed by atoms with E-state index in [9.17, 15) is 9.59 Å². The lowest BCUT2D eigenvalue weighted by molar-refractivity contribution is -0.127. The Morgan fingerprint density at radius 1 is 1.07 bits per heavy atom. The molecule has 4 rings (SSSR count). The summed E-state index contributed by atoms with van der Waals surface area (Å²) in [6.45, 7) is 1.11. The predicted molar refractivity (Wildman–Crippen MR) is 108 cm³/mol. The number of oxazole rings is 1. The fourth-order valence-electron chi connectivity index (χ4n) is 3.42. The van der Waals surface area contributed by atoms with Crippen molar-refractivity contribution < 1.29 is 14.0 Å². The van der Waals surface area contributed by atoms with Crippen LogP contribution in [0.25, 0.3) is 17.2 Å². The van der Waals surface area contributed by atoms with Crippen molar-refractivity contribution in [3.05, 3.63) is 71.1 Å². The molecule has 1 saturated heterocycles. The second-order valence-corrected chi connectivity index (χ2v) is 7.26. The van der Waals surface area contributed by atoms with E-state index in [-0.39, 0.29) is 17.6 Å². The third-order valence-electron chi connectivity index (χ3n) is 4.99. The maximum absolute atomic E-state index is 12.6. The smallest absolute Gasteiger partial charge is 0.246 e. The van der Waals surface area contributed by atoms with Gasteiger partial charge in [0.2, 0.25) is 11.8 Å². The number of halogens is 1. The first-order valence-corrected chi connectivity index (χ1v) is 9.60. The highest BCUT2D eigenvalue weighted by Gasteiger charge is 2.27. The van der Waals surface area contributed by atoms with E-state index in [1.165, 1.54) is 6.08 Å². The number of para-hydroxylation sites is 2. The fourth-order valence-corrected chi connectivity index (χ4v) is 3.55. The molecule has 0 bridgehead atoms. The molecule has 1 fully saturated rings. The molecule has 142 valence electrons. The van der Waals surface area contributed by atoms with Gasteiger partial charge >= 0.3 is 0 Å². The molecule has 2 heterocycles. The first kappa shape index (κ1) is 18.4. The van der Waals surface area contributed by atoms with Crippen LogP contribution in [0, 0.1) is 5.92 Å². The third-order valence-corrected chi connectivity index (χ3v) is 5.24. The number of amides is 1. The zero-order valence-electron chi connectivity index (χ0n) is 15.2. The van der Waals surface area contributed by atoms with Crippen LogP contribution in [0.1, 0.15) is 29.1 Å². The van der Waals surface area contributed by atoms with Crippen molar-refractivity contribution in [2.75, 3.05) is 13.1 Å². The van der Waals surface area contributed by atoms with Crippen LogP contribution in [-0.2, 0) is 4.79 Å². The van der Waals surface area contributed by atoms with E-state index in [4.69, 9.17) is 16.0 Å². The van der Waals surface area contributed by atoms with Crippen LogP contribution in [0.5, 0.6) is 0 Å². The van der Waals surface area contributed by atoms with Crippen molar-refractivity contribution >= 4 is 40.5 Å². The number of aromatic nitrogens is 1. The van der Waals surface area contributed by atoms with Crippen LogP contribution in [-0.4, -0.2) is 34.7 Å². The zero-order valence-corrected chi connectivity index (χ0v) is 15.9. The summed E-state index contributed by atoms with van der Waals surface area (Å²) >= 11 is 5.88. The number of fused-ring (bicyclic) bond motifs is 1. The quantitative estimate of drug-likeness (QED) is 0.478. The van der Waals surface area contributed by atoms with Crippen LogP contribution in [0.4, 0.5) is 0 Å². The Hall–Kier alpha value is -2.92. The average molecular weight is 395 g/mol.